The summed E-state index contributed by atoms with van der Waals surface area (Å²) in [6.07, 6.45) is 0.902. The van der Waals surface area contributed by atoms with Crippen LogP contribution in [0.5, 0.6) is 0 Å². The first kappa shape index (κ1) is 19.8. The fraction of sp³-hybridized carbons (Fsp3) is 0.500. The fourth-order valence-electron chi connectivity index (χ4n) is 4.12. The van der Waals surface area contributed by atoms with Gasteiger partial charge in [0.25, 0.3) is 0 Å². The predicted molar refractivity (Wildman–Crippen MR) is 107 cm³/mol. The molecule has 0 bridgehead atoms. The van der Waals surface area contributed by atoms with E-state index in [2.05, 4.69) is 13.8 Å². The Bertz CT molecular complexity index is 851. The minimum absolute atomic E-state index is 0.0461. The van der Waals surface area contributed by atoms with Crippen LogP contribution < -0.4 is 0 Å². The molecule has 1 aliphatic heterocycles. The van der Waals surface area contributed by atoms with Gasteiger partial charge in [0.2, 0.25) is 0 Å². The van der Waals surface area contributed by atoms with Gasteiger partial charge in [0.05, 0.1) is 6.10 Å². The third-order valence-corrected chi connectivity index (χ3v) is 5.49. The van der Waals surface area contributed by atoms with Crippen molar-refractivity contribution in [2.45, 2.75) is 59.5 Å². The number of esters is 1. The van der Waals surface area contributed by atoms with Crippen LogP contribution in [-0.4, -0.2) is 23.6 Å². The number of ketones is 1. The number of carbonyl (C=O) groups excluding carboxylic acids is 2. The lowest BCUT2D eigenvalue weighted by molar-refractivity contribution is -0.150. The number of hydrogen-bond acceptors (Lipinski definition) is 4. The van der Waals surface area contributed by atoms with Crippen LogP contribution in [-0.2, 0) is 14.3 Å². The number of benzene rings is 1. The number of aliphatic imine (C=N–C) groups is 1. The number of hydrogen-bond donors (Lipinski definition) is 0. The summed E-state index contributed by atoms with van der Waals surface area (Å²) in [5.41, 5.74) is 2.72. The van der Waals surface area contributed by atoms with Gasteiger partial charge in [0, 0.05) is 34.3 Å². The number of carbonyl (C=O) groups is 2. The molecule has 2 aliphatic rings. The highest BCUT2D eigenvalue weighted by molar-refractivity contribution is 6.31. The molecule has 3 rings (SSSR count). The van der Waals surface area contributed by atoms with Gasteiger partial charge in [-0.25, -0.2) is 0 Å². The molecule has 0 amide bonds. The number of nitrogens with zero attached hydrogens (tertiary/aromatic N) is 1. The Balaban J connectivity index is 2.18. The molecule has 0 fully saturated rings. The average Bonchev–Trinajstić information content (AvgIpc) is 2.51. The molecule has 144 valence electrons. The molecule has 0 spiro atoms. The third-order valence-electron chi connectivity index (χ3n) is 5.15. The summed E-state index contributed by atoms with van der Waals surface area (Å²) in [5, 5.41) is 0.545. The molecule has 4 nitrogen and oxygen atoms in total. The monoisotopic (exact) mass is 387 g/mol. The lowest BCUT2D eigenvalue weighted by Crippen LogP contribution is -2.40. The van der Waals surface area contributed by atoms with Gasteiger partial charge in [0.1, 0.15) is 5.92 Å². The molecule has 0 saturated heterocycles. The van der Waals surface area contributed by atoms with E-state index in [9.17, 15) is 9.59 Å². The molecule has 1 aromatic carbocycles. The van der Waals surface area contributed by atoms with Gasteiger partial charge in [-0.15, -0.1) is 0 Å². The highest BCUT2D eigenvalue weighted by Gasteiger charge is 2.46. The van der Waals surface area contributed by atoms with Crippen LogP contribution in [0.4, 0.5) is 0 Å². The first-order chi connectivity index (χ1) is 12.6. The lowest BCUT2D eigenvalue weighted by Gasteiger charge is -2.39. The summed E-state index contributed by atoms with van der Waals surface area (Å²) in [7, 11) is 0. The van der Waals surface area contributed by atoms with E-state index in [4.69, 9.17) is 21.3 Å². The van der Waals surface area contributed by atoms with E-state index in [1.807, 2.05) is 39.0 Å². The molecular weight excluding hydrogens is 362 g/mol. The van der Waals surface area contributed by atoms with E-state index < -0.39 is 11.8 Å². The summed E-state index contributed by atoms with van der Waals surface area (Å²) in [4.78, 5) is 30.8. The van der Waals surface area contributed by atoms with Gasteiger partial charge in [0.15, 0.2) is 5.78 Å². The van der Waals surface area contributed by atoms with Gasteiger partial charge in [-0.2, -0.15) is 0 Å². The molecule has 0 radical (unpaired) electrons. The molecule has 0 aromatic heterocycles. The van der Waals surface area contributed by atoms with Crippen LogP contribution in [0.3, 0.4) is 0 Å². The van der Waals surface area contributed by atoms with Gasteiger partial charge in [-0.1, -0.05) is 43.6 Å². The van der Waals surface area contributed by atoms with Crippen molar-refractivity contribution in [3.8, 4) is 0 Å². The Hall–Kier alpha value is -1.94. The van der Waals surface area contributed by atoms with E-state index in [1.54, 1.807) is 6.07 Å². The van der Waals surface area contributed by atoms with Crippen molar-refractivity contribution in [2.75, 3.05) is 0 Å². The zero-order chi connectivity index (χ0) is 19.9. The second kappa shape index (κ2) is 7.23. The van der Waals surface area contributed by atoms with E-state index in [0.29, 0.717) is 29.1 Å². The second-order valence-corrected chi connectivity index (χ2v) is 8.92. The number of ether oxygens (including phenoxy) is 1. The van der Waals surface area contributed by atoms with Crippen molar-refractivity contribution in [1.29, 1.82) is 0 Å². The Morgan fingerprint density at radius 3 is 2.56 bits per heavy atom. The third kappa shape index (κ3) is 3.86. The highest BCUT2D eigenvalue weighted by atomic mass is 35.5. The number of halogens is 1. The molecule has 0 N–H and O–H groups in total. The van der Waals surface area contributed by atoms with E-state index in [-0.39, 0.29) is 23.3 Å². The van der Waals surface area contributed by atoms with Crippen LogP contribution in [0.25, 0.3) is 0 Å². The Morgan fingerprint density at radius 1 is 1.26 bits per heavy atom. The van der Waals surface area contributed by atoms with Crippen molar-refractivity contribution < 1.29 is 14.3 Å². The van der Waals surface area contributed by atoms with E-state index in [1.165, 1.54) is 0 Å². The average molecular weight is 388 g/mol. The lowest BCUT2D eigenvalue weighted by atomic mass is 9.67. The van der Waals surface area contributed by atoms with Gasteiger partial charge >= 0.3 is 5.97 Å². The maximum Gasteiger partial charge on any atom is 0.315 e. The topological polar surface area (TPSA) is 55.7 Å². The van der Waals surface area contributed by atoms with Crippen LogP contribution in [0, 0.1) is 11.3 Å². The molecule has 2 atom stereocenters. The van der Waals surface area contributed by atoms with Crippen LogP contribution in [0.15, 0.2) is 40.5 Å². The van der Waals surface area contributed by atoms with E-state index >= 15 is 0 Å². The van der Waals surface area contributed by atoms with Crippen LogP contribution >= 0.6 is 11.6 Å². The fourth-order valence-corrected chi connectivity index (χ4v) is 4.37. The quantitative estimate of drug-likeness (QED) is 0.677. The predicted octanol–water partition coefficient (Wildman–Crippen LogP) is 5.11. The first-order valence-corrected chi connectivity index (χ1v) is 9.75. The Labute approximate surface area is 165 Å². The normalized spacial score (nSPS) is 24.6. The van der Waals surface area contributed by atoms with Crippen LogP contribution in [0.2, 0.25) is 5.02 Å². The highest BCUT2D eigenvalue weighted by Crippen LogP contribution is 2.49. The molecule has 5 heteroatoms. The second-order valence-electron chi connectivity index (χ2n) is 8.52. The number of allylic oxidation sites excluding steroid dienone is 2. The maximum atomic E-state index is 13.1. The summed E-state index contributed by atoms with van der Waals surface area (Å²) < 4.78 is 5.51. The minimum Gasteiger partial charge on any atom is -0.462 e. The standard InChI is InChI=1S/C22H26ClNO3/c1-12(2)27-21(26)18-13(3)24-16-10-22(4,5)11-17(25)20(16)19(18)14-8-6-7-9-15(14)23/h6-9,12,18-19H,10-11H2,1-5H3/t18?,19-/m0/s1. The van der Waals surface area contributed by atoms with Crippen molar-refractivity contribution in [2.24, 2.45) is 16.3 Å². The molecule has 1 unspecified atom stereocenters. The van der Waals surface area contributed by atoms with Gasteiger partial charge in [-0.05, 0) is 44.2 Å². The zero-order valence-electron chi connectivity index (χ0n) is 16.5. The zero-order valence-corrected chi connectivity index (χ0v) is 17.3. The summed E-state index contributed by atoms with van der Waals surface area (Å²) >= 11 is 6.49. The smallest absolute Gasteiger partial charge is 0.315 e. The Morgan fingerprint density at radius 2 is 1.93 bits per heavy atom. The summed E-state index contributed by atoms with van der Waals surface area (Å²) in [5.74, 6) is -1.41. The molecule has 1 heterocycles. The first-order valence-electron chi connectivity index (χ1n) is 9.37. The van der Waals surface area contributed by atoms with Crippen molar-refractivity contribution in [3.05, 3.63) is 46.1 Å². The Kier molecular flexibility index (Phi) is 5.31. The molecule has 1 aliphatic carbocycles. The van der Waals surface area contributed by atoms with E-state index in [0.717, 1.165) is 11.3 Å². The summed E-state index contributed by atoms with van der Waals surface area (Å²) in [6, 6.07) is 7.40. The molecule has 27 heavy (non-hydrogen) atoms. The molecular formula is C22H26ClNO3. The number of Topliss-reactive ketones (excluding diaryl/α,β-unsaturated/α-hetero) is 1. The van der Waals surface area contributed by atoms with Crippen molar-refractivity contribution in [3.63, 3.8) is 0 Å². The van der Waals surface area contributed by atoms with Crippen molar-refractivity contribution >= 4 is 29.1 Å². The number of rotatable bonds is 3. The molecule has 0 saturated carbocycles. The SMILES string of the molecule is CC1=NC2=C(C(=O)CC(C)(C)C2)[C@@H](c2ccccc2Cl)C1C(=O)OC(C)C. The summed E-state index contributed by atoms with van der Waals surface area (Å²) in [6.45, 7) is 9.62. The molecule has 1 aromatic rings. The van der Waals surface area contributed by atoms with Gasteiger partial charge in [-0.3, -0.25) is 14.6 Å². The minimum atomic E-state index is -0.642. The van der Waals surface area contributed by atoms with Gasteiger partial charge < -0.3 is 4.74 Å². The van der Waals surface area contributed by atoms with Crippen molar-refractivity contribution in [1.82, 2.24) is 0 Å². The van der Waals surface area contributed by atoms with Crippen LogP contribution in [0.1, 0.15) is 58.9 Å². The largest absolute Gasteiger partial charge is 0.462 e. The maximum absolute atomic E-state index is 13.1.